The maximum Gasteiger partial charge on any atom is 0.418 e. The highest BCUT2D eigenvalue weighted by Gasteiger charge is 2.56. The van der Waals surface area contributed by atoms with Gasteiger partial charge in [0.1, 0.15) is 11.5 Å². The molecule has 0 amide bonds. The van der Waals surface area contributed by atoms with E-state index in [0.717, 1.165) is 0 Å². The smallest absolute Gasteiger partial charge is 0.418 e. The number of aryl methyl sites for hydroxylation is 2. The van der Waals surface area contributed by atoms with Gasteiger partial charge in [-0.1, -0.05) is 25.1 Å². The standard InChI is InChI=1S/C27H28F3N3O4/c1-15-24(16(2)37-33-15)17-5-8-23(35)20(11-17)25(3,4)13-26(36,27(28,29)30)14-32-18-6-7-21-19(12-18)22(34)9-10-31-21/h5-12,32,35-36H,13-14H2,1-4H3,(H,31,34). The van der Waals surface area contributed by atoms with E-state index < -0.39 is 30.2 Å². The number of benzene rings is 2. The van der Waals surface area contributed by atoms with Gasteiger partial charge in [-0.3, -0.25) is 4.79 Å². The summed E-state index contributed by atoms with van der Waals surface area (Å²) in [6.07, 6.45) is -4.25. The van der Waals surface area contributed by atoms with E-state index in [1.165, 1.54) is 44.3 Å². The molecule has 0 aliphatic rings. The quantitative estimate of drug-likeness (QED) is 0.256. The highest BCUT2D eigenvalue weighted by molar-refractivity contribution is 5.82. The van der Waals surface area contributed by atoms with E-state index in [1.54, 1.807) is 32.0 Å². The minimum absolute atomic E-state index is 0.188. The molecule has 2 aromatic carbocycles. The number of phenolic OH excluding ortho intramolecular Hbond substituents is 1. The molecule has 196 valence electrons. The molecule has 2 aromatic heterocycles. The lowest BCUT2D eigenvalue weighted by molar-refractivity contribution is -0.260. The lowest BCUT2D eigenvalue weighted by Gasteiger charge is -2.38. The molecule has 0 aliphatic heterocycles. The number of aromatic nitrogens is 2. The number of aromatic hydroxyl groups is 1. The van der Waals surface area contributed by atoms with Crippen LogP contribution in [0.4, 0.5) is 18.9 Å². The molecule has 0 fully saturated rings. The third-order valence-electron chi connectivity index (χ3n) is 6.65. The fraction of sp³-hybridized carbons (Fsp3) is 0.333. The Balaban J connectivity index is 1.65. The molecule has 7 nitrogen and oxygen atoms in total. The zero-order chi connectivity index (χ0) is 27.2. The number of nitrogens with zero attached hydrogens (tertiary/aromatic N) is 1. The third-order valence-corrected chi connectivity index (χ3v) is 6.65. The van der Waals surface area contributed by atoms with Gasteiger partial charge < -0.3 is 25.0 Å². The number of aliphatic hydroxyl groups is 1. The number of nitrogens with one attached hydrogen (secondary N) is 2. The van der Waals surface area contributed by atoms with Crippen LogP contribution in [0.3, 0.4) is 0 Å². The van der Waals surface area contributed by atoms with Crippen LogP contribution in [0.2, 0.25) is 0 Å². The van der Waals surface area contributed by atoms with Gasteiger partial charge in [0.25, 0.3) is 0 Å². The van der Waals surface area contributed by atoms with Crippen LogP contribution in [-0.2, 0) is 5.41 Å². The van der Waals surface area contributed by atoms with Crippen molar-refractivity contribution < 1.29 is 27.9 Å². The minimum atomic E-state index is -4.99. The topological polar surface area (TPSA) is 111 Å². The molecular weight excluding hydrogens is 487 g/mol. The van der Waals surface area contributed by atoms with Crippen molar-refractivity contribution in [2.75, 3.05) is 11.9 Å². The van der Waals surface area contributed by atoms with Crippen molar-refractivity contribution in [3.63, 3.8) is 0 Å². The summed E-state index contributed by atoms with van der Waals surface area (Å²) in [4.78, 5) is 15.0. The van der Waals surface area contributed by atoms with E-state index in [2.05, 4.69) is 15.5 Å². The van der Waals surface area contributed by atoms with E-state index in [-0.39, 0.29) is 22.4 Å². The molecule has 1 atom stereocenters. The molecule has 0 saturated carbocycles. The molecule has 0 radical (unpaired) electrons. The molecule has 1 unspecified atom stereocenters. The maximum absolute atomic E-state index is 14.3. The average Bonchev–Trinajstić information content (AvgIpc) is 3.15. The zero-order valence-electron chi connectivity index (χ0n) is 20.8. The van der Waals surface area contributed by atoms with Crippen molar-refractivity contribution in [1.29, 1.82) is 0 Å². The highest BCUT2D eigenvalue weighted by atomic mass is 19.4. The first-order valence-corrected chi connectivity index (χ1v) is 11.6. The fourth-order valence-corrected chi connectivity index (χ4v) is 4.75. The SMILES string of the molecule is Cc1noc(C)c1-c1ccc(O)c(C(C)(C)CC(O)(CNc2ccc3[nH]ccc(=O)c3c2)C(F)(F)F)c1. The van der Waals surface area contributed by atoms with Crippen molar-refractivity contribution in [2.45, 2.75) is 51.3 Å². The van der Waals surface area contributed by atoms with E-state index in [4.69, 9.17) is 4.52 Å². The number of anilines is 1. The Morgan fingerprint density at radius 1 is 1.08 bits per heavy atom. The maximum atomic E-state index is 14.3. The number of fused-ring (bicyclic) bond motifs is 1. The molecule has 4 aromatic rings. The van der Waals surface area contributed by atoms with Gasteiger partial charge in [-0.15, -0.1) is 0 Å². The van der Waals surface area contributed by atoms with E-state index in [0.29, 0.717) is 33.5 Å². The van der Waals surface area contributed by atoms with Gasteiger partial charge in [0.15, 0.2) is 11.0 Å². The first kappa shape index (κ1) is 26.3. The van der Waals surface area contributed by atoms with Crippen LogP contribution in [0.1, 0.15) is 37.3 Å². The van der Waals surface area contributed by atoms with Gasteiger partial charge >= 0.3 is 6.18 Å². The van der Waals surface area contributed by atoms with Crippen molar-refractivity contribution in [3.8, 4) is 16.9 Å². The average molecular weight is 516 g/mol. The van der Waals surface area contributed by atoms with Crippen LogP contribution in [0.15, 0.2) is 58.0 Å². The second-order valence-electron chi connectivity index (χ2n) is 9.98. The van der Waals surface area contributed by atoms with Crippen molar-refractivity contribution in [1.82, 2.24) is 10.1 Å². The predicted molar refractivity (Wildman–Crippen MR) is 135 cm³/mol. The van der Waals surface area contributed by atoms with Crippen LogP contribution in [0.5, 0.6) is 5.75 Å². The molecule has 0 aliphatic carbocycles. The molecule has 0 saturated heterocycles. The Labute approximate surface area is 210 Å². The monoisotopic (exact) mass is 515 g/mol. The summed E-state index contributed by atoms with van der Waals surface area (Å²) >= 11 is 0. The molecule has 0 spiro atoms. The molecule has 10 heteroatoms. The first-order valence-electron chi connectivity index (χ1n) is 11.6. The van der Waals surface area contributed by atoms with Gasteiger partial charge in [-0.25, -0.2) is 0 Å². The number of phenols is 1. The number of hydrogen-bond donors (Lipinski definition) is 4. The Morgan fingerprint density at radius 2 is 1.81 bits per heavy atom. The van der Waals surface area contributed by atoms with Crippen molar-refractivity contribution in [3.05, 3.63) is 75.9 Å². The third kappa shape index (κ3) is 5.06. The van der Waals surface area contributed by atoms with E-state index in [1.807, 2.05) is 0 Å². The van der Waals surface area contributed by atoms with Crippen LogP contribution in [-0.4, -0.2) is 38.7 Å². The molecule has 4 rings (SSSR count). The molecule has 37 heavy (non-hydrogen) atoms. The summed E-state index contributed by atoms with van der Waals surface area (Å²) in [6.45, 7) is 5.68. The first-order chi connectivity index (χ1) is 17.2. The number of halogens is 3. The number of alkyl halides is 3. The summed E-state index contributed by atoms with van der Waals surface area (Å²) in [5.41, 5.74) is -1.76. The van der Waals surface area contributed by atoms with Crippen LogP contribution < -0.4 is 10.7 Å². The molecule has 4 N–H and O–H groups in total. The second-order valence-corrected chi connectivity index (χ2v) is 9.98. The van der Waals surface area contributed by atoms with Crippen molar-refractivity contribution >= 4 is 16.6 Å². The Hall–Kier alpha value is -3.79. The molecular formula is C27H28F3N3O4. The largest absolute Gasteiger partial charge is 0.508 e. The minimum Gasteiger partial charge on any atom is -0.508 e. The summed E-state index contributed by atoms with van der Waals surface area (Å²) < 4.78 is 48.0. The number of aromatic amines is 1. The van der Waals surface area contributed by atoms with Crippen molar-refractivity contribution in [2.24, 2.45) is 0 Å². The number of pyridine rings is 1. The Bertz CT molecular complexity index is 1490. The second kappa shape index (κ2) is 9.26. The van der Waals surface area contributed by atoms with Gasteiger partial charge in [0.2, 0.25) is 0 Å². The summed E-state index contributed by atoms with van der Waals surface area (Å²) in [5, 5.41) is 28.4. The van der Waals surface area contributed by atoms with E-state index in [9.17, 15) is 28.2 Å². The lowest BCUT2D eigenvalue weighted by Crippen LogP contribution is -2.53. The Kier molecular flexibility index (Phi) is 6.58. The number of hydrogen-bond acceptors (Lipinski definition) is 6. The van der Waals surface area contributed by atoms with E-state index >= 15 is 0 Å². The van der Waals surface area contributed by atoms with Gasteiger partial charge in [-0.2, -0.15) is 13.2 Å². The van der Waals surface area contributed by atoms with Gasteiger partial charge in [-0.05, 0) is 61.6 Å². The summed E-state index contributed by atoms with van der Waals surface area (Å²) in [6, 6.07) is 10.5. The molecule has 2 heterocycles. The highest BCUT2D eigenvalue weighted by Crippen LogP contribution is 2.44. The van der Waals surface area contributed by atoms with Gasteiger partial charge in [0, 0.05) is 40.0 Å². The molecule has 0 bridgehead atoms. The zero-order valence-corrected chi connectivity index (χ0v) is 20.8. The van der Waals surface area contributed by atoms with Crippen LogP contribution in [0.25, 0.3) is 22.0 Å². The predicted octanol–water partition coefficient (Wildman–Crippen LogP) is 5.58. The summed E-state index contributed by atoms with van der Waals surface area (Å²) in [7, 11) is 0. The normalized spacial score (nSPS) is 14.1. The Morgan fingerprint density at radius 3 is 2.46 bits per heavy atom. The van der Waals surface area contributed by atoms with Crippen LogP contribution in [0, 0.1) is 13.8 Å². The number of rotatable bonds is 7. The summed E-state index contributed by atoms with van der Waals surface area (Å²) in [5.74, 6) is 0.351. The fourth-order valence-electron chi connectivity index (χ4n) is 4.75. The lowest BCUT2D eigenvalue weighted by atomic mass is 9.73. The van der Waals surface area contributed by atoms with Crippen LogP contribution >= 0.6 is 0 Å². The van der Waals surface area contributed by atoms with Gasteiger partial charge in [0.05, 0.1) is 12.2 Å². The number of H-pyrrole nitrogens is 1.